The van der Waals surface area contributed by atoms with Crippen molar-refractivity contribution in [2.45, 2.75) is 12.6 Å². The Morgan fingerprint density at radius 3 is 2.23 bits per heavy atom. The van der Waals surface area contributed by atoms with E-state index in [9.17, 15) is 18.0 Å². The van der Waals surface area contributed by atoms with Crippen LogP contribution in [-0.4, -0.2) is 23.9 Å². The predicted molar refractivity (Wildman–Crippen MR) is 74.5 cm³/mol. The van der Waals surface area contributed by atoms with Gasteiger partial charge < -0.3 is 4.74 Å². The second-order valence-electron chi connectivity index (χ2n) is 4.55. The highest BCUT2D eigenvalue weighted by molar-refractivity contribution is 5.84. The van der Waals surface area contributed by atoms with Crippen LogP contribution in [0, 0.1) is 0 Å². The van der Waals surface area contributed by atoms with Gasteiger partial charge in [-0.05, 0) is 41.8 Å². The first kappa shape index (κ1) is 15.8. The van der Waals surface area contributed by atoms with Gasteiger partial charge in [-0.15, -0.1) is 0 Å². The fraction of sp³-hybridized carbons (Fsp3) is 0.200. The largest absolute Gasteiger partial charge is 0.440 e. The molecule has 0 fully saturated rings. The lowest BCUT2D eigenvalue weighted by molar-refractivity contribution is -0.159. The van der Waals surface area contributed by atoms with Crippen molar-refractivity contribution in [2.24, 2.45) is 0 Å². The first-order valence-electron chi connectivity index (χ1n) is 6.41. The van der Waals surface area contributed by atoms with E-state index in [1.807, 2.05) is 12.1 Å². The number of carbonyl (C=O) groups excluding carboxylic acids is 1. The Morgan fingerprint density at radius 2 is 1.64 bits per heavy atom. The Labute approximate surface area is 124 Å². The van der Waals surface area contributed by atoms with Crippen molar-refractivity contribution in [3.8, 4) is 0 Å². The summed E-state index contributed by atoms with van der Waals surface area (Å²) in [7, 11) is 0. The quantitative estimate of drug-likeness (QED) is 0.935. The molecular formula is C15H13F3N2O2. The maximum absolute atomic E-state index is 11.9. The number of aromatic nitrogens is 1. The standard InChI is InChI=1S/C15H13F3N2O2/c16-15(17,18)10-22-14(21)20-13-3-1-11(2-4-13)9-12-5-7-19-8-6-12/h1-8H,9-10H2,(H,20,21). The molecule has 0 aliphatic rings. The number of anilines is 1. The van der Waals surface area contributed by atoms with E-state index in [1.54, 1.807) is 36.7 Å². The molecule has 7 heteroatoms. The van der Waals surface area contributed by atoms with Gasteiger partial charge >= 0.3 is 12.3 Å². The Morgan fingerprint density at radius 1 is 1.05 bits per heavy atom. The van der Waals surface area contributed by atoms with Crippen LogP contribution in [0.15, 0.2) is 48.8 Å². The summed E-state index contributed by atoms with van der Waals surface area (Å²) in [5.41, 5.74) is 2.45. The summed E-state index contributed by atoms with van der Waals surface area (Å²) in [5, 5.41) is 2.23. The fourth-order valence-electron chi connectivity index (χ4n) is 1.74. The van der Waals surface area contributed by atoms with E-state index >= 15 is 0 Å². The number of amides is 1. The van der Waals surface area contributed by atoms with Gasteiger partial charge in [0.2, 0.25) is 0 Å². The van der Waals surface area contributed by atoms with Crippen LogP contribution in [0.25, 0.3) is 0 Å². The molecule has 22 heavy (non-hydrogen) atoms. The monoisotopic (exact) mass is 310 g/mol. The maximum atomic E-state index is 11.9. The molecule has 0 radical (unpaired) electrons. The molecule has 1 amide bonds. The number of halogens is 3. The zero-order valence-electron chi connectivity index (χ0n) is 11.4. The molecular weight excluding hydrogens is 297 g/mol. The molecule has 1 heterocycles. The molecule has 0 aliphatic heterocycles. The highest BCUT2D eigenvalue weighted by atomic mass is 19.4. The lowest BCUT2D eigenvalue weighted by Crippen LogP contribution is -2.23. The molecule has 1 aromatic carbocycles. The van der Waals surface area contributed by atoms with Gasteiger partial charge in [0.1, 0.15) is 0 Å². The van der Waals surface area contributed by atoms with E-state index < -0.39 is 18.9 Å². The smallest absolute Gasteiger partial charge is 0.422 e. The van der Waals surface area contributed by atoms with Crippen LogP contribution in [-0.2, 0) is 11.2 Å². The van der Waals surface area contributed by atoms with Crippen LogP contribution < -0.4 is 5.32 Å². The summed E-state index contributed by atoms with van der Waals surface area (Å²) >= 11 is 0. The second kappa shape index (κ2) is 6.93. The molecule has 4 nitrogen and oxygen atoms in total. The van der Waals surface area contributed by atoms with E-state index in [0.717, 1.165) is 11.1 Å². The SMILES string of the molecule is O=C(Nc1ccc(Cc2ccncc2)cc1)OCC(F)(F)F. The van der Waals surface area contributed by atoms with Crippen molar-refractivity contribution in [3.05, 3.63) is 59.9 Å². The van der Waals surface area contributed by atoms with Gasteiger partial charge in [-0.3, -0.25) is 10.3 Å². The minimum atomic E-state index is -4.54. The Balaban J connectivity index is 1.88. The van der Waals surface area contributed by atoms with Gasteiger partial charge in [0.15, 0.2) is 6.61 Å². The van der Waals surface area contributed by atoms with Crippen LogP contribution in [0.3, 0.4) is 0 Å². The van der Waals surface area contributed by atoms with Gasteiger partial charge in [-0.1, -0.05) is 12.1 Å². The van der Waals surface area contributed by atoms with Crippen molar-refractivity contribution >= 4 is 11.8 Å². The summed E-state index contributed by atoms with van der Waals surface area (Å²) in [6.07, 6.45) is -1.59. The van der Waals surface area contributed by atoms with E-state index in [4.69, 9.17) is 0 Å². The van der Waals surface area contributed by atoms with Crippen molar-refractivity contribution in [3.63, 3.8) is 0 Å². The number of alkyl halides is 3. The molecule has 1 aromatic heterocycles. The Kier molecular flexibility index (Phi) is 4.98. The summed E-state index contributed by atoms with van der Waals surface area (Å²) in [5.74, 6) is 0. The number of nitrogens with one attached hydrogen (secondary N) is 1. The number of pyridine rings is 1. The van der Waals surface area contributed by atoms with Crippen LogP contribution in [0.2, 0.25) is 0 Å². The van der Waals surface area contributed by atoms with Gasteiger partial charge in [0, 0.05) is 18.1 Å². The molecule has 0 saturated carbocycles. The summed E-state index contributed by atoms with van der Waals surface area (Å²) in [6.45, 7) is -1.61. The van der Waals surface area contributed by atoms with E-state index in [1.165, 1.54) is 0 Å². The zero-order chi connectivity index (χ0) is 16.0. The minimum Gasteiger partial charge on any atom is -0.440 e. The first-order chi connectivity index (χ1) is 10.4. The molecule has 2 aromatic rings. The van der Waals surface area contributed by atoms with Crippen molar-refractivity contribution in [1.29, 1.82) is 0 Å². The van der Waals surface area contributed by atoms with E-state index in [2.05, 4.69) is 15.0 Å². The third kappa shape index (κ3) is 5.43. The molecule has 0 unspecified atom stereocenters. The topological polar surface area (TPSA) is 51.2 Å². The molecule has 116 valence electrons. The number of hydrogen-bond acceptors (Lipinski definition) is 3. The predicted octanol–water partition coefficient (Wildman–Crippen LogP) is 3.78. The highest BCUT2D eigenvalue weighted by Crippen LogP contribution is 2.16. The number of nitrogens with zero attached hydrogens (tertiary/aromatic N) is 1. The first-order valence-corrected chi connectivity index (χ1v) is 6.41. The normalized spacial score (nSPS) is 11.0. The number of hydrogen-bond donors (Lipinski definition) is 1. The minimum absolute atomic E-state index is 0.366. The number of rotatable bonds is 4. The van der Waals surface area contributed by atoms with Crippen molar-refractivity contribution in [2.75, 3.05) is 11.9 Å². The van der Waals surface area contributed by atoms with Gasteiger partial charge in [-0.25, -0.2) is 4.79 Å². The Bertz CT molecular complexity index is 613. The number of carbonyl (C=O) groups is 1. The second-order valence-corrected chi connectivity index (χ2v) is 4.55. The lowest BCUT2D eigenvalue weighted by Gasteiger charge is -2.09. The van der Waals surface area contributed by atoms with Crippen LogP contribution in [0.5, 0.6) is 0 Å². The van der Waals surface area contributed by atoms with Crippen molar-refractivity contribution < 1.29 is 22.7 Å². The average molecular weight is 310 g/mol. The van der Waals surface area contributed by atoms with Gasteiger partial charge in [0.05, 0.1) is 0 Å². The van der Waals surface area contributed by atoms with Crippen molar-refractivity contribution in [1.82, 2.24) is 4.98 Å². The zero-order valence-corrected chi connectivity index (χ0v) is 11.4. The third-order valence-corrected chi connectivity index (χ3v) is 2.72. The van der Waals surface area contributed by atoms with Crippen LogP contribution in [0.1, 0.15) is 11.1 Å². The van der Waals surface area contributed by atoms with Crippen LogP contribution in [0.4, 0.5) is 23.7 Å². The average Bonchev–Trinajstić information content (AvgIpc) is 2.48. The molecule has 0 spiro atoms. The number of ether oxygens (including phenoxy) is 1. The molecule has 2 rings (SSSR count). The molecule has 0 aliphatic carbocycles. The van der Waals surface area contributed by atoms with Crippen LogP contribution >= 0.6 is 0 Å². The molecule has 0 atom stereocenters. The maximum Gasteiger partial charge on any atom is 0.422 e. The third-order valence-electron chi connectivity index (χ3n) is 2.72. The highest BCUT2D eigenvalue weighted by Gasteiger charge is 2.29. The summed E-state index contributed by atoms with van der Waals surface area (Å²) in [4.78, 5) is 15.1. The van der Waals surface area contributed by atoms with E-state index in [-0.39, 0.29) is 0 Å². The molecule has 0 saturated heterocycles. The molecule has 1 N–H and O–H groups in total. The summed E-state index contributed by atoms with van der Waals surface area (Å²) in [6, 6.07) is 10.5. The molecule has 0 bridgehead atoms. The van der Waals surface area contributed by atoms with E-state index in [0.29, 0.717) is 12.1 Å². The summed E-state index contributed by atoms with van der Waals surface area (Å²) < 4.78 is 39.8. The fourth-order valence-corrected chi connectivity index (χ4v) is 1.74. The van der Waals surface area contributed by atoms with Gasteiger partial charge in [-0.2, -0.15) is 13.2 Å². The lowest BCUT2D eigenvalue weighted by atomic mass is 10.1. The van der Waals surface area contributed by atoms with Gasteiger partial charge in [0.25, 0.3) is 0 Å². The Hall–Kier alpha value is -2.57. The number of benzene rings is 1.